The zero-order valence-corrected chi connectivity index (χ0v) is 4.97. The van der Waals surface area contributed by atoms with Gasteiger partial charge in [0.15, 0.2) is 0 Å². The van der Waals surface area contributed by atoms with E-state index in [0.717, 1.165) is 12.1 Å². The summed E-state index contributed by atoms with van der Waals surface area (Å²) < 4.78 is 34.5. The fraction of sp³-hybridized carbons (Fsp3) is 0. The monoisotopic (exact) mass is 140 g/mol. The summed E-state index contributed by atoms with van der Waals surface area (Å²) in [7, 11) is 0.342. The number of hydrogen-bond donors (Lipinski definition) is 0. The van der Waals surface area contributed by atoms with Gasteiger partial charge in [0.1, 0.15) is 0 Å². The summed E-state index contributed by atoms with van der Waals surface area (Å²) >= 11 is 0. The molecule has 0 aliphatic heterocycles. The van der Waals surface area contributed by atoms with E-state index in [1.165, 1.54) is 0 Å². The Bertz CT molecular complexity index is 262. The van der Waals surface area contributed by atoms with Crippen LogP contribution in [0.5, 0.6) is 0 Å². The third-order valence-corrected chi connectivity index (χ3v) is 1.09. The van der Waals surface area contributed by atoms with E-state index < -0.39 is 11.6 Å². The van der Waals surface area contributed by atoms with Crippen molar-refractivity contribution in [2.75, 3.05) is 0 Å². The second kappa shape index (κ2) is 2.69. The molecule has 0 amide bonds. The van der Waals surface area contributed by atoms with Gasteiger partial charge in [-0.2, -0.15) is 0 Å². The fourth-order valence-electron chi connectivity index (χ4n) is 0.597. The number of benzene rings is 1. The van der Waals surface area contributed by atoms with E-state index in [1.54, 1.807) is 0 Å². The Balaban J connectivity index is 3.19. The predicted molar refractivity (Wildman–Crippen MR) is 32.4 cm³/mol. The number of halogens is 2. The van der Waals surface area contributed by atoms with Gasteiger partial charge < -0.3 is 0 Å². The van der Waals surface area contributed by atoms with E-state index in [1.807, 2.05) is 0 Å². The van der Waals surface area contributed by atoms with Crippen molar-refractivity contribution in [3.8, 4) is 0 Å². The van der Waals surface area contributed by atoms with Crippen LogP contribution in [0.4, 0.5) is 8.78 Å². The Kier molecular flexibility index (Phi) is 1.90. The summed E-state index contributed by atoms with van der Waals surface area (Å²) in [5.41, 5.74) is -0.124. The minimum atomic E-state index is -0.824. The molecule has 0 atom stereocenters. The first-order chi connectivity index (χ1) is 4.74. The Morgan fingerprint density at radius 3 is 2.50 bits per heavy atom. The SMILES string of the molecule is O=Bc1ccc(F)cc1F. The molecule has 0 aromatic heterocycles. The quantitative estimate of drug-likeness (QED) is 0.523. The molecule has 1 aromatic rings. The van der Waals surface area contributed by atoms with Gasteiger partial charge in [-0.05, 0) is 0 Å². The van der Waals surface area contributed by atoms with Crippen LogP contribution >= 0.6 is 0 Å². The van der Waals surface area contributed by atoms with Gasteiger partial charge in [-0.25, -0.2) is 0 Å². The summed E-state index contributed by atoms with van der Waals surface area (Å²) in [4.78, 5) is 0. The van der Waals surface area contributed by atoms with E-state index in [4.69, 9.17) is 0 Å². The van der Waals surface area contributed by atoms with Crippen molar-refractivity contribution >= 4 is 12.6 Å². The molecule has 1 aromatic carbocycles. The summed E-state index contributed by atoms with van der Waals surface area (Å²) in [5, 5.41) is 0. The third kappa shape index (κ3) is 1.26. The van der Waals surface area contributed by atoms with Gasteiger partial charge in [-0.1, -0.05) is 0 Å². The molecule has 0 spiro atoms. The summed E-state index contributed by atoms with van der Waals surface area (Å²) in [6.45, 7) is 0. The van der Waals surface area contributed by atoms with Gasteiger partial charge in [0.05, 0.1) is 0 Å². The van der Waals surface area contributed by atoms with Gasteiger partial charge in [0.25, 0.3) is 0 Å². The molecule has 0 radical (unpaired) electrons. The molecule has 1 rings (SSSR count). The number of hydrogen-bond acceptors (Lipinski definition) is 1. The summed E-state index contributed by atoms with van der Waals surface area (Å²) in [6, 6.07) is 2.80. The molecular weight excluding hydrogens is 137 g/mol. The zero-order valence-electron chi connectivity index (χ0n) is 4.97. The molecule has 0 fully saturated rings. The van der Waals surface area contributed by atoms with Crippen LogP contribution in [-0.4, -0.2) is 7.15 Å². The van der Waals surface area contributed by atoms with Crippen LogP contribution < -0.4 is 5.46 Å². The molecule has 0 heterocycles. The van der Waals surface area contributed by atoms with E-state index >= 15 is 0 Å². The van der Waals surface area contributed by atoms with Gasteiger partial charge in [-0.3, -0.25) is 0 Å². The molecule has 0 aliphatic rings. The average molecular weight is 140 g/mol. The van der Waals surface area contributed by atoms with Crippen LogP contribution in [0, 0.1) is 11.6 Å². The van der Waals surface area contributed by atoms with Crippen molar-refractivity contribution in [2.24, 2.45) is 0 Å². The van der Waals surface area contributed by atoms with E-state index in [9.17, 15) is 13.5 Å². The topological polar surface area (TPSA) is 17.1 Å². The first-order valence-electron chi connectivity index (χ1n) is 2.64. The molecule has 0 N–H and O–H groups in total. The molecule has 0 saturated heterocycles. The summed E-state index contributed by atoms with van der Waals surface area (Å²) in [6.07, 6.45) is 0. The maximum atomic E-state index is 12.4. The number of rotatable bonds is 1. The molecular formula is C6H3BF2O. The van der Waals surface area contributed by atoms with Gasteiger partial charge in [-0.15, -0.1) is 0 Å². The molecule has 0 aliphatic carbocycles. The average Bonchev–Trinajstić information content (AvgIpc) is 1.88. The second-order valence-electron chi connectivity index (χ2n) is 1.78. The maximum absolute atomic E-state index is 12.4. The normalized spacial score (nSPS) is 9.00. The van der Waals surface area contributed by atoms with Crippen molar-refractivity contribution in [1.29, 1.82) is 0 Å². The van der Waals surface area contributed by atoms with Crippen molar-refractivity contribution in [2.45, 2.75) is 0 Å². The Hall–Kier alpha value is -1.06. The predicted octanol–water partition coefficient (Wildman–Crippen LogP) is 0.640. The van der Waals surface area contributed by atoms with Crippen LogP contribution in [0.3, 0.4) is 0 Å². The van der Waals surface area contributed by atoms with Crippen LogP contribution in [0.15, 0.2) is 18.2 Å². The van der Waals surface area contributed by atoms with Crippen LogP contribution in [0.2, 0.25) is 0 Å². The standard InChI is InChI=1S/C6H3BF2O/c8-4-1-2-5(7-10)6(9)3-4/h1-3H. The van der Waals surface area contributed by atoms with Crippen LogP contribution in [-0.2, 0) is 4.70 Å². The van der Waals surface area contributed by atoms with Crippen molar-refractivity contribution < 1.29 is 13.5 Å². The van der Waals surface area contributed by atoms with Crippen LogP contribution in [0.1, 0.15) is 0 Å². The molecule has 1 nitrogen and oxygen atoms in total. The molecule has 0 unspecified atom stereocenters. The van der Waals surface area contributed by atoms with Crippen molar-refractivity contribution in [3.05, 3.63) is 29.8 Å². The van der Waals surface area contributed by atoms with Crippen molar-refractivity contribution in [1.82, 2.24) is 0 Å². The van der Waals surface area contributed by atoms with Gasteiger partial charge >= 0.3 is 55.9 Å². The Morgan fingerprint density at radius 1 is 1.30 bits per heavy atom. The first-order valence-corrected chi connectivity index (χ1v) is 2.64. The minimum absolute atomic E-state index is 0.124. The van der Waals surface area contributed by atoms with Gasteiger partial charge in [0, 0.05) is 0 Å². The first kappa shape index (κ1) is 7.06. The third-order valence-electron chi connectivity index (χ3n) is 1.09. The molecule has 50 valence electrons. The molecule has 10 heavy (non-hydrogen) atoms. The van der Waals surface area contributed by atoms with Crippen LogP contribution in [0.25, 0.3) is 0 Å². The van der Waals surface area contributed by atoms with E-state index in [-0.39, 0.29) is 5.46 Å². The second-order valence-corrected chi connectivity index (χ2v) is 1.78. The van der Waals surface area contributed by atoms with Crippen molar-refractivity contribution in [3.63, 3.8) is 0 Å². The van der Waals surface area contributed by atoms with E-state index in [2.05, 4.69) is 0 Å². The molecule has 0 saturated carbocycles. The van der Waals surface area contributed by atoms with Gasteiger partial charge in [0.2, 0.25) is 0 Å². The summed E-state index contributed by atoms with van der Waals surface area (Å²) in [5.74, 6) is -1.50. The molecule has 0 bridgehead atoms. The Labute approximate surface area is 56.9 Å². The molecule has 4 heteroatoms. The zero-order chi connectivity index (χ0) is 7.56. The van der Waals surface area contributed by atoms with E-state index in [0.29, 0.717) is 13.2 Å². The fourth-order valence-corrected chi connectivity index (χ4v) is 0.597. The Morgan fingerprint density at radius 2 is 2.00 bits per heavy atom.